The zero-order valence-electron chi connectivity index (χ0n) is 12.5. The van der Waals surface area contributed by atoms with Crippen LogP contribution in [0.5, 0.6) is 5.75 Å². The summed E-state index contributed by atoms with van der Waals surface area (Å²) in [6.07, 6.45) is 4.33. The van der Waals surface area contributed by atoms with E-state index in [9.17, 15) is 4.79 Å². The van der Waals surface area contributed by atoms with Crippen molar-refractivity contribution in [3.05, 3.63) is 59.4 Å². The van der Waals surface area contributed by atoms with Gasteiger partial charge in [0.05, 0.1) is 0 Å². The average molecular weight is 319 g/mol. The molecule has 0 saturated carbocycles. The van der Waals surface area contributed by atoms with Crippen molar-refractivity contribution < 1.29 is 9.53 Å². The second-order valence-electron chi connectivity index (χ2n) is 4.82. The van der Waals surface area contributed by atoms with Crippen molar-refractivity contribution >= 4 is 17.5 Å². The molecule has 0 aliphatic carbocycles. The Morgan fingerprint density at radius 3 is 2.50 bits per heavy atom. The van der Waals surface area contributed by atoms with E-state index in [4.69, 9.17) is 16.3 Å². The van der Waals surface area contributed by atoms with Crippen molar-refractivity contribution in [2.75, 3.05) is 19.7 Å². The van der Waals surface area contributed by atoms with Gasteiger partial charge in [-0.05, 0) is 55.3 Å². The number of pyridine rings is 1. The fourth-order valence-corrected chi connectivity index (χ4v) is 2.17. The molecule has 0 unspecified atom stereocenters. The third-order valence-electron chi connectivity index (χ3n) is 3.33. The summed E-state index contributed by atoms with van der Waals surface area (Å²) in [5.74, 6) is 0.620. The van der Waals surface area contributed by atoms with Crippen LogP contribution in [0.1, 0.15) is 12.5 Å². The third-order valence-corrected chi connectivity index (χ3v) is 3.58. The number of halogens is 1. The molecule has 1 aromatic heterocycles. The summed E-state index contributed by atoms with van der Waals surface area (Å²) < 4.78 is 5.50. The fourth-order valence-electron chi connectivity index (χ4n) is 2.04. The predicted octanol–water partition coefficient (Wildman–Crippen LogP) is 3.21. The van der Waals surface area contributed by atoms with Crippen molar-refractivity contribution in [3.8, 4) is 5.75 Å². The molecule has 0 bridgehead atoms. The van der Waals surface area contributed by atoms with Gasteiger partial charge in [0.25, 0.3) is 5.91 Å². The van der Waals surface area contributed by atoms with E-state index in [2.05, 4.69) is 4.98 Å². The van der Waals surface area contributed by atoms with Gasteiger partial charge in [-0.1, -0.05) is 11.6 Å². The molecule has 0 N–H and O–H groups in total. The molecule has 22 heavy (non-hydrogen) atoms. The molecule has 1 aromatic carbocycles. The van der Waals surface area contributed by atoms with E-state index in [1.807, 2.05) is 19.1 Å². The molecule has 1 heterocycles. The Labute approximate surface area is 135 Å². The topological polar surface area (TPSA) is 42.4 Å². The van der Waals surface area contributed by atoms with Gasteiger partial charge < -0.3 is 9.64 Å². The van der Waals surface area contributed by atoms with Gasteiger partial charge in [0.1, 0.15) is 5.75 Å². The van der Waals surface area contributed by atoms with E-state index in [1.54, 1.807) is 41.6 Å². The second kappa shape index (κ2) is 8.39. The highest BCUT2D eigenvalue weighted by Crippen LogP contribution is 2.15. The lowest BCUT2D eigenvalue weighted by Crippen LogP contribution is -2.36. The Morgan fingerprint density at radius 2 is 1.86 bits per heavy atom. The van der Waals surface area contributed by atoms with Crippen LogP contribution in [-0.2, 0) is 11.2 Å². The SMILES string of the molecule is CCN(CCc1ccncc1)C(=O)COc1ccc(Cl)cc1. The molecule has 0 atom stereocenters. The first-order valence-electron chi connectivity index (χ1n) is 7.24. The first-order valence-corrected chi connectivity index (χ1v) is 7.62. The van der Waals surface area contributed by atoms with Gasteiger partial charge in [-0.25, -0.2) is 0 Å². The molecule has 5 heteroatoms. The molecule has 0 radical (unpaired) electrons. The highest BCUT2D eigenvalue weighted by atomic mass is 35.5. The zero-order chi connectivity index (χ0) is 15.8. The maximum Gasteiger partial charge on any atom is 0.260 e. The summed E-state index contributed by atoms with van der Waals surface area (Å²) in [5, 5.41) is 0.645. The Kier molecular flexibility index (Phi) is 6.22. The molecule has 1 amide bonds. The van der Waals surface area contributed by atoms with Crippen LogP contribution < -0.4 is 4.74 Å². The van der Waals surface area contributed by atoms with E-state index >= 15 is 0 Å². The van der Waals surface area contributed by atoms with Crippen LogP contribution >= 0.6 is 11.6 Å². The molecule has 0 fully saturated rings. The lowest BCUT2D eigenvalue weighted by Gasteiger charge is -2.21. The maximum absolute atomic E-state index is 12.2. The van der Waals surface area contributed by atoms with Crippen LogP contribution in [-0.4, -0.2) is 35.5 Å². The molecule has 0 spiro atoms. The van der Waals surface area contributed by atoms with Gasteiger partial charge in [-0.15, -0.1) is 0 Å². The lowest BCUT2D eigenvalue weighted by atomic mass is 10.2. The molecular formula is C17H19ClN2O2. The highest BCUT2D eigenvalue weighted by Gasteiger charge is 2.12. The number of carbonyl (C=O) groups is 1. The van der Waals surface area contributed by atoms with Crippen molar-refractivity contribution in [3.63, 3.8) is 0 Å². The number of carbonyl (C=O) groups excluding carboxylic acids is 1. The molecule has 0 saturated heterocycles. The largest absolute Gasteiger partial charge is 0.484 e. The molecule has 0 aliphatic heterocycles. The van der Waals surface area contributed by atoms with Crippen molar-refractivity contribution in [1.29, 1.82) is 0 Å². The minimum absolute atomic E-state index is 0.0218. The maximum atomic E-state index is 12.2. The first kappa shape index (κ1) is 16.3. The van der Waals surface area contributed by atoms with E-state index in [-0.39, 0.29) is 12.5 Å². The number of likely N-dealkylation sites (N-methyl/N-ethyl adjacent to an activating group) is 1. The van der Waals surface area contributed by atoms with Crippen LogP contribution in [0.15, 0.2) is 48.8 Å². The zero-order valence-corrected chi connectivity index (χ0v) is 13.3. The van der Waals surface area contributed by atoms with Crippen LogP contribution in [0.2, 0.25) is 5.02 Å². The van der Waals surface area contributed by atoms with Gasteiger partial charge in [-0.2, -0.15) is 0 Å². The Bertz CT molecular complexity index is 587. The summed E-state index contributed by atoms with van der Waals surface area (Å²) >= 11 is 5.81. The van der Waals surface area contributed by atoms with E-state index in [0.29, 0.717) is 23.9 Å². The third kappa shape index (κ3) is 5.04. The first-order chi connectivity index (χ1) is 10.7. The van der Waals surface area contributed by atoms with Crippen molar-refractivity contribution in [1.82, 2.24) is 9.88 Å². The number of rotatable bonds is 7. The van der Waals surface area contributed by atoms with Gasteiger partial charge in [-0.3, -0.25) is 9.78 Å². The van der Waals surface area contributed by atoms with Crippen molar-refractivity contribution in [2.24, 2.45) is 0 Å². The number of hydrogen-bond acceptors (Lipinski definition) is 3. The average Bonchev–Trinajstić information content (AvgIpc) is 2.56. The van der Waals surface area contributed by atoms with Gasteiger partial charge >= 0.3 is 0 Å². The molecule has 2 rings (SSSR count). The normalized spacial score (nSPS) is 10.3. The van der Waals surface area contributed by atoms with E-state index < -0.39 is 0 Å². The number of nitrogens with zero attached hydrogens (tertiary/aromatic N) is 2. The molecule has 4 nitrogen and oxygen atoms in total. The number of benzene rings is 1. The van der Waals surface area contributed by atoms with Crippen LogP contribution in [0.4, 0.5) is 0 Å². The number of hydrogen-bond donors (Lipinski definition) is 0. The molecule has 0 aliphatic rings. The smallest absolute Gasteiger partial charge is 0.260 e. The monoisotopic (exact) mass is 318 g/mol. The fraction of sp³-hybridized carbons (Fsp3) is 0.294. The standard InChI is InChI=1S/C17H19ClN2O2/c1-2-20(12-9-14-7-10-19-11-8-14)17(21)13-22-16-5-3-15(18)4-6-16/h3-8,10-11H,2,9,12-13H2,1H3. The second-order valence-corrected chi connectivity index (χ2v) is 5.26. The minimum Gasteiger partial charge on any atom is -0.484 e. The summed E-state index contributed by atoms with van der Waals surface area (Å²) in [4.78, 5) is 18.0. The number of aromatic nitrogens is 1. The Hall–Kier alpha value is -2.07. The quantitative estimate of drug-likeness (QED) is 0.787. The molecule has 2 aromatic rings. The summed E-state index contributed by atoms with van der Waals surface area (Å²) in [6, 6.07) is 10.9. The number of amides is 1. The van der Waals surface area contributed by atoms with Gasteiger partial charge in [0, 0.05) is 30.5 Å². The van der Waals surface area contributed by atoms with Crippen LogP contribution in [0.3, 0.4) is 0 Å². The predicted molar refractivity (Wildman–Crippen MR) is 87.1 cm³/mol. The van der Waals surface area contributed by atoms with Crippen LogP contribution in [0.25, 0.3) is 0 Å². The summed E-state index contributed by atoms with van der Waals surface area (Å²) in [6.45, 7) is 3.33. The highest BCUT2D eigenvalue weighted by molar-refractivity contribution is 6.30. The summed E-state index contributed by atoms with van der Waals surface area (Å²) in [7, 11) is 0. The molecule has 116 valence electrons. The minimum atomic E-state index is -0.0218. The number of ether oxygens (including phenoxy) is 1. The van der Waals surface area contributed by atoms with E-state index in [0.717, 1.165) is 6.42 Å². The lowest BCUT2D eigenvalue weighted by molar-refractivity contribution is -0.133. The Morgan fingerprint density at radius 1 is 1.18 bits per heavy atom. The van der Waals surface area contributed by atoms with Gasteiger partial charge in [0.2, 0.25) is 0 Å². The van der Waals surface area contributed by atoms with Crippen LogP contribution in [0, 0.1) is 0 Å². The van der Waals surface area contributed by atoms with E-state index in [1.165, 1.54) is 5.56 Å². The molecular weight excluding hydrogens is 300 g/mol. The van der Waals surface area contributed by atoms with Crippen molar-refractivity contribution in [2.45, 2.75) is 13.3 Å². The van der Waals surface area contributed by atoms with Gasteiger partial charge in [0.15, 0.2) is 6.61 Å². The summed E-state index contributed by atoms with van der Waals surface area (Å²) in [5.41, 5.74) is 1.17. The Balaban J connectivity index is 1.82.